The Balaban J connectivity index is 1.11. The van der Waals surface area contributed by atoms with E-state index in [-0.39, 0.29) is 0 Å². The summed E-state index contributed by atoms with van der Waals surface area (Å²) < 4.78 is 2.61. The highest BCUT2D eigenvalue weighted by Gasteiger charge is 2.59. The third kappa shape index (κ3) is 4.51. The predicted molar refractivity (Wildman–Crippen MR) is 259 cm³/mol. The molecule has 0 aliphatic heterocycles. The van der Waals surface area contributed by atoms with Gasteiger partial charge in [0, 0.05) is 36.9 Å². The molecule has 2 spiro atoms. The van der Waals surface area contributed by atoms with E-state index in [1.165, 1.54) is 86.9 Å². The van der Waals surface area contributed by atoms with E-state index in [2.05, 4.69) is 218 Å². The molecule has 0 saturated heterocycles. The average Bonchev–Trinajstić information content (AvgIpc) is 3.99. The lowest BCUT2D eigenvalue weighted by atomic mass is 9.52. The lowest BCUT2D eigenvalue weighted by Crippen LogP contribution is -2.43. The number of thiophene rings is 1. The Hall–Kier alpha value is -7.72. The summed E-state index contributed by atoms with van der Waals surface area (Å²) in [5.74, 6) is 0.713. The van der Waals surface area contributed by atoms with Crippen LogP contribution < -0.4 is 0 Å². The summed E-state index contributed by atoms with van der Waals surface area (Å²) in [6, 6.07) is 80.9. The Morgan fingerprint density at radius 3 is 1.41 bits per heavy atom. The van der Waals surface area contributed by atoms with Crippen LogP contribution in [0.2, 0.25) is 0 Å². The van der Waals surface area contributed by atoms with Crippen LogP contribution in [-0.2, 0) is 10.8 Å². The van der Waals surface area contributed by atoms with Gasteiger partial charge in [-0.2, -0.15) is 0 Å². The van der Waals surface area contributed by atoms with Crippen LogP contribution in [0.4, 0.5) is 0 Å². The molecule has 14 rings (SSSR count). The number of hydrogen-bond acceptors (Lipinski definition) is 3. The van der Waals surface area contributed by atoms with Crippen molar-refractivity contribution >= 4 is 31.5 Å². The van der Waals surface area contributed by atoms with E-state index >= 15 is 0 Å². The second kappa shape index (κ2) is 12.9. The van der Waals surface area contributed by atoms with Crippen molar-refractivity contribution in [2.75, 3.05) is 0 Å². The van der Waals surface area contributed by atoms with E-state index in [9.17, 15) is 0 Å². The predicted octanol–water partition coefficient (Wildman–Crippen LogP) is 14.9. The quantitative estimate of drug-likeness (QED) is 0.177. The highest BCUT2D eigenvalue weighted by Crippen LogP contribution is 2.68. The number of nitrogens with zero attached hydrogens (tertiary/aromatic N) is 2. The van der Waals surface area contributed by atoms with Gasteiger partial charge in [0.05, 0.1) is 22.2 Å². The van der Waals surface area contributed by atoms with Crippen molar-refractivity contribution in [3.05, 3.63) is 263 Å². The first-order chi connectivity index (χ1) is 31.2. The van der Waals surface area contributed by atoms with Crippen molar-refractivity contribution in [3.63, 3.8) is 0 Å². The van der Waals surface area contributed by atoms with Crippen molar-refractivity contribution in [1.82, 2.24) is 9.97 Å². The summed E-state index contributed by atoms with van der Waals surface area (Å²) in [5.41, 5.74) is 19.6. The summed E-state index contributed by atoms with van der Waals surface area (Å²) in [7, 11) is 0. The van der Waals surface area contributed by atoms with Gasteiger partial charge in [-0.1, -0.05) is 194 Å². The fourth-order valence-corrected chi connectivity index (χ4v) is 12.9. The minimum Gasteiger partial charge on any atom is -0.228 e. The monoisotopic (exact) mass is 816 g/mol. The summed E-state index contributed by atoms with van der Waals surface area (Å²) in [5, 5.41) is 2.65. The van der Waals surface area contributed by atoms with Crippen molar-refractivity contribution in [2.24, 2.45) is 0 Å². The fraction of sp³-hybridized carbons (Fsp3) is 0.0333. The van der Waals surface area contributed by atoms with Crippen LogP contribution in [0.1, 0.15) is 44.5 Å². The maximum absolute atomic E-state index is 5.32. The molecule has 0 fully saturated rings. The van der Waals surface area contributed by atoms with Crippen LogP contribution in [0.15, 0.2) is 218 Å². The molecule has 63 heavy (non-hydrogen) atoms. The van der Waals surface area contributed by atoms with Crippen molar-refractivity contribution in [2.45, 2.75) is 10.8 Å². The van der Waals surface area contributed by atoms with Gasteiger partial charge in [0.25, 0.3) is 0 Å². The molecule has 0 radical (unpaired) electrons. The molecule has 0 N–H and O–H groups in total. The van der Waals surface area contributed by atoms with E-state index in [1.807, 2.05) is 11.3 Å². The van der Waals surface area contributed by atoms with Gasteiger partial charge < -0.3 is 0 Å². The van der Waals surface area contributed by atoms with E-state index in [4.69, 9.17) is 9.97 Å². The summed E-state index contributed by atoms with van der Waals surface area (Å²) in [6.07, 6.45) is 0. The topological polar surface area (TPSA) is 25.8 Å². The first-order valence-corrected chi connectivity index (χ1v) is 22.6. The Morgan fingerprint density at radius 1 is 0.317 bits per heavy atom. The van der Waals surface area contributed by atoms with Crippen LogP contribution in [-0.4, -0.2) is 9.97 Å². The SMILES string of the molecule is c1ccc(-c2cc(-c3ccccc3)nc(-c3ccc4c(c3)-c3ccc5sc6ccccc6c5c3C43c4ccccc4C4(c5ccccc5-c5ccccc54)c4ccccc43)n2)cc1. The molecule has 0 unspecified atom stereocenters. The standard InChI is InChI=1S/C60H36N2S/c1-3-17-37(18-4-1)52-36-53(38-19-5-2-6-20-38)62-58(61-52)39-31-33-47-44(35-39)42-32-34-55-56(43-23-9-16-30-54(43)63-55)57(42)60(47)50-28-14-12-26-48(50)59(49-27-13-15-29-51(49)60)45-24-10-7-21-40(45)41-22-8-11-25-46(41)59/h1-36H. The first kappa shape index (κ1) is 34.9. The molecular formula is C60H36N2S. The van der Waals surface area contributed by atoms with Crippen molar-refractivity contribution in [3.8, 4) is 56.2 Å². The Kier molecular flexibility index (Phi) is 7.15. The minimum absolute atomic E-state index is 0.501. The molecule has 0 amide bonds. The maximum atomic E-state index is 5.32. The molecule has 2 heterocycles. The number of rotatable bonds is 3. The lowest BCUT2D eigenvalue weighted by Gasteiger charge is -2.49. The number of fused-ring (bicyclic) bond motifs is 20. The normalized spacial score (nSPS) is 14.3. The molecule has 0 atom stereocenters. The van der Waals surface area contributed by atoms with Crippen LogP contribution >= 0.6 is 11.3 Å². The molecule has 2 aromatic heterocycles. The zero-order valence-electron chi connectivity index (χ0n) is 34.1. The maximum Gasteiger partial charge on any atom is 0.160 e. The third-order valence-electron chi connectivity index (χ3n) is 14.2. The minimum atomic E-state index is -0.626. The van der Waals surface area contributed by atoms with E-state index in [1.54, 1.807) is 0 Å². The molecule has 3 heteroatoms. The van der Waals surface area contributed by atoms with Gasteiger partial charge in [0.2, 0.25) is 0 Å². The molecule has 292 valence electrons. The Labute approximate surface area is 369 Å². The van der Waals surface area contributed by atoms with E-state index in [0.717, 1.165) is 28.1 Å². The molecule has 0 bridgehead atoms. The highest BCUT2D eigenvalue weighted by atomic mass is 32.1. The smallest absolute Gasteiger partial charge is 0.160 e. The van der Waals surface area contributed by atoms with Gasteiger partial charge in [-0.3, -0.25) is 0 Å². The van der Waals surface area contributed by atoms with Crippen molar-refractivity contribution in [1.29, 1.82) is 0 Å². The van der Waals surface area contributed by atoms with Gasteiger partial charge in [0.15, 0.2) is 5.82 Å². The second-order valence-corrected chi connectivity index (χ2v) is 18.2. The second-order valence-electron chi connectivity index (χ2n) is 17.1. The van der Waals surface area contributed by atoms with Crippen LogP contribution in [0.5, 0.6) is 0 Å². The zero-order chi connectivity index (χ0) is 41.3. The fourth-order valence-electron chi connectivity index (χ4n) is 11.8. The van der Waals surface area contributed by atoms with Gasteiger partial charge in [-0.05, 0) is 91.0 Å². The molecule has 11 aromatic rings. The largest absolute Gasteiger partial charge is 0.228 e. The Bertz CT molecular complexity index is 3540. The van der Waals surface area contributed by atoms with Crippen molar-refractivity contribution < 1.29 is 0 Å². The molecule has 2 nitrogen and oxygen atoms in total. The lowest BCUT2D eigenvalue weighted by molar-refractivity contribution is 0.635. The molecule has 9 aromatic carbocycles. The molecule has 3 aliphatic carbocycles. The van der Waals surface area contributed by atoms with Crippen LogP contribution in [0, 0.1) is 0 Å². The van der Waals surface area contributed by atoms with E-state index < -0.39 is 10.8 Å². The summed E-state index contributed by atoms with van der Waals surface area (Å²) in [4.78, 5) is 10.6. The Morgan fingerprint density at radius 2 is 0.810 bits per heavy atom. The molecular weight excluding hydrogens is 781 g/mol. The number of aromatic nitrogens is 2. The number of hydrogen-bond donors (Lipinski definition) is 0. The number of benzene rings is 9. The van der Waals surface area contributed by atoms with Gasteiger partial charge in [0.1, 0.15) is 0 Å². The van der Waals surface area contributed by atoms with Gasteiger partial charge >= 0.3 is 0 Å². The molecule has 3 aliphatic rings. The van der Waals surface area contributed by atoms with Gasteiger partial charge in [-0.15, -0.1) is 11.3 Å². The van der Waals surface area contributed by atoms with Crippen LogP contribution in [0.3, 0.4) is 0 Å². The first-order valence-electron chi connectivity index (χ1n) is 21.7. The highest BCUT2D eigenvalue weighted by molar-refractivity contribution is 7.25. The van der Waals surface area contributed by atoms with E-state index in [0.29, 0.717) is 5.82 Å². The summed E-state index contributed by atoms with van der Waals surface area (Å²) in [6.45, 7) is 0. The summed E-state index contributed by atoms with van der Waals surface area (Å²) >= 11 is 1.90. The average molecular weight is 817 g/mol. The molecule has 0 saturated carbocycles. The van der Waals surface area contributed by atoms with Gasteiger partial charge in [-0.25, -0.2) is 9.97 Å². The van der Waals surface area contributed by atoms with Crippen LogP contribution in [0.25, 0.3) is 76.3 Å². The third-order valence-corrected chi connectivity index (χ3v) is 15.3. The zero-order valence-corrected chi connectivity index (χ0v) is 34.9.